The van der Waals surface area contributed by atoms with Crippen LogP contribution in [0.15, 0.2) is 0 Å². The SMILES string of the molecule is Cc1c(CCC(=O)O)n[nH]c1CC(C)C. The van der Waals surface area contributed by atoms with Crippen LogP contribution in [0.4, 0.5) is 0 Å². The van der Waals surface area contributed by atoms with Gasteiger partial charge in [0.2, 0.25) is 0 Å². The van der Waals surface area contributed by atoms with Gasteiger partial charge in [-0.2, -0.15) is 5.10 Å². The highest BCUT2D eigenvalue weighted by atomic mass is 16.4. The Morgan fingerprint density at radius 3 is 2.73 bits per heavy atom. The van der Waals surface area contributed by atoms with E-state index in [4.69, 9.17) is 5.11 Å². The van der Waals surface area contributed by atoms with Crippen LogP contribution in [0.2, 0.25) is 0 Å². The molecule has 1 heterocycles. The van der Waals surface area contributed by atoms with Crippen molar-refractivity contribution in [3.63, 3.8) is 0 Å². The zero-order valence-corrected chi connectivity index (χ0v) is 9.50. The van der Waals surface area contributed by atoms with Gasteiger partial charge in [0.05, 0.1) is 12.1 Å². The molecule has 0 aliphatic rings. The van der Waals surface area contributed by atoms with Gasteiger partial charge >= 0.3 is 5.97 Å². The van der Waals surface area contributed by atoms with E-state index in [2.05, 4.69) is 24.0 Å². The highest BCUT2D eigenvalue weighted by Gasteiger charge is 2.11. The minimum absolute atomic E-state index is 0.146. The molecule has 0 bridgehead atoms. The maximum Gasteiger partial charge on any atom is 0.303 e. The molecular weight excluding hydrogens is 192 g/mol. The largest absolute Gasteiger partial charge is 0.481 e. The van der Waals surface area contributed by atoms with Crippen molar-refractivity contribution in [3.05, 3.63) is 17.0 Å². The summed E-state index contributed by atoms with van der Waals surface area (Å²) >= 11 is 0. The number of nitrogens with one attached hydrogen (secondary N) is 1. The van der Waals surface area contributed by atoms with E-state index in [0.717, 1.165) is 23.4 Å². The second kappa shape index (κ2) is 4.96. The van der Waals surface area contributed by atoms with E-state index < -0.39 is 5.97 Å². The van der Waals surface area contributed by atoms with E-state index in [0.29, 0.717) is 12.3 Å². The van der Waals surface area contributed by atoms with E-state index in [1.165, 1.54) is 0 Å². The molecule has 0 aliphatic carbocycles. The van der Waals surface area contributed by atoms with Crippen LogP contribution in [-0.2, 0) is 17.6 Å². The fourth-order valence-corrected chi connectivity index (χ4v) is 1.55. The molecule has 1 aromatic heterocycles. The lowest BCUT2D eigenvalue weighted by atomic mass is 10.0. The number of aliphatic carboxylic acids is 1. The molecule has 0 saturated carbocycles. The van der Waals surface area contributed by atoms with Gasteiger partial charge < -0.3 is 5.11 Å². The third-order valence-corrected chi connectivity index (χ3v) is 2.40. The quantitative estimate of drug-likeness (QED) is 0.780. The maximum absolute atomic E-state index is 10.4. The minimum Gasteiger partial charge on any atom is -0.481 e. The van der Waals surface area contributed by atoms with E-state index >= 15 is 0 Å². The van der Waals surface area contributed by atoms with Crippen LogP contribution in [0.1, 0.15) is 37.2 Å². The average molecular weight is 210 g/mol. The second-order valence-corrected chi connectivity index (χ2v) is 4.27. The molecule has 0 aliphatic heterocycles. The van der Waals surface area contributed by atoms with Gasteiger partial charge in [-0.3, -0.25) is 9.89 Å². The smallest absolute Gasteiger partial charge is 0.303 e. The lowest BCUT2D eigenvalue weighted by Gasteiger charge is -2.02. The molecule has 84 valence electrons. The summed E-state index contributed by atoms with van der Waals surface area (Å²) in [5.41, 5.74) is 3.13. The number of aromatic nitrogens is 2. The molecule has 4 heteroatoms. The lowest BCUT2D eigenvalue weighted by Crippen LogP contribution is -1.99. The van der Waals surface area contributed by atoms with Gasteiger partial charge in [0.25, 0.3) is 0 Å². The van der Waals surface area contributed by atoms with Crippen LogP contribution in [0.3, 0.4) is 0 Å². The van der Waals surface area contributed by atoms with E-state index in [-0.39, 0.29) is 6.42 Å². The van der Waals surface area contributed by atoms with Gasteiger partial charge in [0.15, 0.2) is 0 Å². The molecule has 2 N–H and O–H groups in total. The molecule has 15 heavy (non-hydrogen) atoms. The lowest BCUT2D eigenvalue weighted by molar-refractivity contribution is -0.136. The van der Waals surface area contributed by atoms with Crippen LogP contribution >= 0.6 is 0 Å². The summed E-state index contributed by atoms with van der Waals surface area (Å²) in [6, 6.07) is 0. The van der Waals surface area contributed by atoms with Crippen LogP contribution in [0, 0.1) is 12.8 Å². The number of hydrogen-bond acceptors (Lipinski definition) is 2. The summed E-state index contributed by atoms with van der Waals surface area (Å²) in [7, 11) is 0. The second-order valence-electron chi connectivity index (χ2n) is 4.27. The van der Waals surface area contributed by atoms with E-state index in [1.54, 1.807) is 0 Å². The number of carbonyl (C=O) groups is 1. The first-order valence-electron chi connectivity index (χ1n) is 5.25. The normalized spacial score (nSPS) is 10.9. The summed E-state index contributed by atoms with van der Waals surface area (Å²) in [5, 5.41) is 15.7. The number of carboxylic acid groups (broad SMARTS) is 1. The Hall–Kier alpha value is -1.32. The zero-order valence-electron chi connectivity index (χ0n) is 9.50. The first kappa shape index (κ1) is 11.8. The fraction of sp³-hybridized carbons (Fsp3) is 0.636. The Bertz CT molecular complexity index is 342. The van der Waals surface area contributed by atoms with Crippen molar-refractivity contribution in [1.82, 2.24) is 10.2 Å². The Morgan fingerprint density at radius 2 is 2.20 bits per heavy atom. The number of aryl methyl sites for hydroxylation is 1. The molecule has 0 fully saturated rings. The standard InChI is InChI=1S/C11H18N2O2/c1-7(2)6-10-8(3)9(12-13-10)4-5-11(14)15/h7H,4-6H2,1-3H3,(H,12,13)(H,14,15). The molecule has 0 atom stereocenters. The minimum atomic E-state index is -0.775. The summed E-state index contributed by atoms with van der Waals surface area (Å²) in [5.74, 6) is -0.195. The van der Waals surface area contributed by atoms with E-state index in [1.807, 2.05) is 6.92 Å². The number of rotatable bonds is 5. The third kappa shape index (κ3) is 3.38. The summed E-state index contributed by atoms with van der Waals surface area (Å²) in [6.07, 6.45) is 1.62. The van der Waals surface area contributed by atoms with Gasteiger partial charge in [-0.15, -0.1) is 0 Å². The van der Waals surface area contributed by atoms with Gasteiger partial charge in [0.1, 0.15) is 0 Å². The van der Waals surface area contributed by atoms with Crippen molar-refractivity contribution in [3.8, 4) is 0 Å². The van der Waals surface area contributed by atoms with Crippen LogP contribution in [0.25, 0.3) is 0 Å². The van der Waals surface area contributed by atoms with Crippen LogP contribution in [-0.4, -0.2) is 21.3 Å². The Kier molecular flexibility index (Phi) is 3.88. The molecule has 0 aromatic carbocycles. The van der Waals surface area contributed by atoms with Crippen molar-refractivity contribution in [2.75, 3.05) is 0 Å². The number of H-pyrrole nitrogens is 1. The van der Waals surface area contributed by atoms with Crippen molar-refractivity contribution >= 4 is 5.97 Å². The third-order valence-electron chi connectivity index (χ3n) is 2.40. The average Bonchev–Trinajstić information content (AvgIpc) is 2.44. The zero-order chi connectivity index (χ0) is 11.4. The van der Waals surface area contributed by atoms with Crippen molar-refractivity contribution in [2.45, 2.75) is 40.0 Å². The molecule has 0 unspecified atom stereocenters. The van der Waals surface area contributed by atoms with Gasteiger partial charge in [-0.05, 0) is 24.8 Å². The fourth-order valence-electron chi connectivity index (χ4n) is 1.55. The highest BCUT2D eigenvalue weighted by Crippen LogP contribution is 2.15. The molecule has 0 spiro atoms. The Morgan fingerprint density at radius 1 is 1.53 bits per heavy atom. The Balaban J connectivity index is 2.66. The number of aromatic amines is 1. The van der Waals surface area contributed by atoms with Crippen molar-refractivity contribution < 1.29 is 9.90 Å². The molecule has 4 nitrogen and oxygen atoms in total. The number of hydrogen-bond donors (Lipinski definition) is 2. The van der Waals surface area contributed by atoms with E-state index in [9.17, 15) is 4.79 Å². The summed E-state index contributed by atoms with van der Waals surface area (Å²) in [6.45, 7) is 6.30. The summed E-state index contributed by atoms with van der Waals surface area (Å²) in [4.78, 5) is 10.4. The maximum atomic E-state index is 10.4. The first-order valence-corrected chi connectivity index (χ1v) is 5.25. The molecule has 1 aromatic rings. The Labute approximate surface area is 89.7 Å². The molecular formula is C11H18N2O2. The molecule has 0 saturated heterocycles. The monoisotopic (exact) mass is 210 g/mol. The summed E-state index contributed by atoms with van der Waals surface area (Å²) < 4.78 is 0. The molecule has 0 radical (unpaired) electrons. The first-order chi connectivity index (χ1) is 7.00. The van der Waals surface area contributed by atoms with Gasteiger partial charge in [0, 0.05) is 12.1 Å². The van der Waals surface area contributed by atoms with Gasteiger partial charge in [-0.1, -0.05) is 13.8 Å². The highest BCUT2D eigenvalue weighted by molar-refractivity contribution is 5.67. The predicted octanol–water partition coefficient (Wildman–Crippen LogP) is 1.93. The number of nitrogens with zero attached hydrogens (tertiary/aromatic N) is 1. The topological polar surface area (TPSA) is 66.0 Å². The molecule has 1 rings (SSSR count). The van der Waals surface area contributed by atoms with Gasteiger partial charge in [-0.25, -0.2) is 0 Å². The number of carboxylic acids is 1. The van der Waals surface area contributed by atoms with Crippen LogP contribution < -0.4 is 0 Å². The van der Waals surface area contributed by atoms with Crippen molar-refractivity contribution in [1.29, 1.82) is 0 Å². The predicted molar refractivity (Wildman–Crippen MR) is 57.8 cm³/mol. The van der Waals surface area contributed by atoms with Crippen LogP contribution in [0.5, 0.6) is 0 Å². The molecule has 0 amide bonds. The van der Waals surface area contributed by atoms with Crippen molar-refractivity contribution in [2.24, 2.45) is 5.92 Å².